The molecular formula is C24H23ClN2O8. The van der Waals surface area contributed by atoms with Crippen LogP contribution in [0.1, 0.15) is 27.8 Å². The summed E-state index contributed by atoms with van der Waals surface area (Å²) in [6, 6.07) is 11.7. The number of nitrogens with zero attached hydrogens (tertiary/aromatic N) is 2. The molecule has 0 saturated carbocycles. The molecule has 0 bridgehead atoms. The second kappa shape index (κ2) is 11.4. The van der Waals surface area contributed by atoms with Gasteiger partial charge in [0, 0.05) is 5.56 Å². The smallest absolute Gasteiger partial charge is 0.357 e. The van der Waals surface area contributed by atoms with Crippen molar-refractivity contribution in [1.82, 2.24) is 9.78 Å². The Hall–Kier alpha value is -4.05. The lowest BCUT2D eigenvalue weighted by Crippen LogP contribution is -2.15. The summed E-state index contributed by atoms with van der Waals surface area (Å²) in [6.07, 6.45) is 0. The first-order valence-corrected chi connectivity index (χ1v) is 10.7. The largest absolute Gasteiger partial charge is 0.493 e. The predicted molar refractivity (Wildman–Crippen MR) is 125 cm³/mol. The third kappa shape index (κ3) is 5.38. The molecule has 0 aliphatic rings. The summed E-state index contributed by atoms with van der Waals surface area (Å²) < 4.78 is 26.9. The fourth-order valence-corrected chi connectivity index (χ4v) is 3.55. The molecule has 3 rings (SSSR count). The minimum absolute atomic E-state index is 0.0772. The number of halogens is 1. The van der Waals surface area contributed by atoms with Gasteiger partial charge >= 0.3 is 17.9 Å². The van der Waals surface area contributed by atoms with Crippen molar-refractivity contribution < 1.29 is 38.1 Å². The second-order valence-electron chi connectivity index (χ2n) is 6.89. The minimum atomic E-state index is -0.805. The molecule has 0 N–H and O–H groups in total. The summed E-state index contributed by atoms with van der Waals surface area (Å²) in [7, 11) is 3.77. The molecule has 35 heavy (non-hydrogen) atoms. The zero-order valence-corrected chi connectivity index (χ0v) is 20.2. The highest BCUT2D eigenvalue weighted by molar-refractivity contribution is 6.32. The molecule has 0 radical (unpaired) electrons. The van der Waals surface area contributed by atoms with Gasteiger partial charge in [0.1, 0.15) is 11.3 Å². The van der Waals surface area contributed by atoms with E-state index in [-0.39, 0.29) is 46.7 Å². The number of para-hydroxylation sites is 1. The zero-order valence-electron chi connectivity index (χ0n) is 19.5. The van der Waals surface area contributed by atoms with Gasteiger partial charge in [-0.15, -0.1) is 0 Å². The molecule has 3 aromatic rings. The Bertz CT molecular complexity index is 1240. The SMILES string of the molecule is CCOC(=O)COc1c(Cl)cc(-c2nn(-c3ccccc3)c(C(=O)OC)c2C(=O)OC)cc1OC. The summed E-state index contributed by atoms with van der Waals surface area (Å²) in [5.41, 5.74) is 0.686. The number of methoxy groups -OCH3 is 3. The van der Waals surface area contributed by atoms with Crippen molar-refractivity contribution in [2.75, 3.05) is 34.5 Å². The highest BCUT2D eigenvalue weighted by Gasteiger charge is 2.32. The number of esters is 3. The van der Waals surface area contributed by atoms with Gasteiger partial charge in [0.25, 0.3) is 0 Å². The number of aromatic nitrogens is 2. The van der Waals surface area contributed by atoms with Gasteiger partial charge in [0.2, 0.25) is 0 Å². The van der Waals surface area contributed by atoms with Crippen LogP contribution in [0.25, 0.3) is 16.9 Å². The highest BCUT2D eigenvalue weighted by atomic mass is 35.5. The van der Waals surface area contributed by atoms with Gasteiger partial charge in [-0.25, -0.2) is 19.1 Å². The summed E-state index contributed by atoms with van der Waals surface area (Å²) in [6.45, 7) is 1.50. The maximum absolute atomic E-state index is 12.8. The first-order valence-electron chi connectivity index (χ1n) is 10.4. The van der Waals surface area contributed by atoms with Gasteiger partial charge in [0.15, 0.2) is 23.8 Å². The lowest BCUT2D eigenvalue weighted by atomic mass is 10.0. The first-order chi connectivity index (χ1) is 16.9. The van der Waals surface area contributed by atoms with Gasteiger partial charge in [-0.3, -0.25) is 0 Å². The topological polar surface area (TPSA) is 115 Å². The Morgan fingerprint density at radius 3 is 2.29 bits per heavy atom. The van der Waals surface area contributed by atoms with Crippen molar-refractivity contribution in [2.45, 2.75) is 6.92 Å². The Balaban J connectivity index is 2.21. The Labute approximate surface area is 206 Å². The molecule has 1 aromatic heterocycles. The number of carbonyl (C=O) groups is 3. The number of benzene rings is 2. The van der Waals surface area contributed by atoms with Crippen molar-refractivity contribution in [3.8, 4) is 28.4 Å². The minimum Gasteiger partial charge on any atom is -0.493 e. The predicted octanol–water partition coefficient (Wildman–Crippen LogP) is 3.72. The molecule has 0 saturated heterocycles. The van der Waals surface area contributed by atoms with Crippen LogP contribution in [0, 0.1) is 0 Å². The normalized spacial score (nSPS) is 10.4. The van der Waals surface area contributed by atoms with E-state index >= 15 is 0 Å². The van der Waals surface area contributed by atoms with E-state index in [2.05, 4.69) is 5.10 Å². The third-order valence-corrected chi connectivity index (χ3v) is 5.08. The number of hydrogen-bond donors (Lipinski definition) is 0. The standard InChI is InChI=1S/C24H23ClN2O8/c1-5-34-18(28)13-35-22-16(25)11-14(12-17(22)31-2)20-19(23(29)32-3)21(24(30)33-4)27(26-20)15-9-7-6-8-10-15/h6-12H,5,13H2,1-4H3. The molecule has 0 amide bonds. The monoisotopic (exact) mass is 502 g/mol. The van der Waals surface area contributed by atoms with Crippen LogP contribution in [-0.2, 0) is 19.0 Å². The van der Waals surface area contributed by atoms with Crippen LogP contribution in [0.2, 0.25) is 5.02 Å². The number of rotatable bonds is 9. The quantitative estimate of drug-likeness (QED) is 0.319. The van der Waals surface area contributed by atoms with E-state index in [9.17, 15) is 14.4 Å². The fraction of sp³-hybridized carbons (Fsp3) is 0.250. The summed E-state index contributed by atoms with van der Waals surface area (Å²) in [4.78, 5) is 37.2. The zero-order chi connectivity index (χ0) is 25.5. The Kier molecular flexibility index (Phi) is 8.32. The third-order valence-electron chi connectivity index (χ3n) is 4.80. The van der Waals surface area contributed by atoms with E-state index < -0.39 is 17.9 Å². The summed E-state index contributed by atoms with van der Waals surface area (Å²) in [5, 5.41) is 4.60. The van der Waals surface area contributed by atoms with Crippen LogP contribution in [0.5, 0.6) is 11.5 Å². The van der Waals surface area contributed by atoms with E-state index in [1.807, 2.05) is 0 Å². The Morgan fingerprint density at radius 2 is 1.69 bits per heavy atom. The van der Waals surface area contributed by atoms with Crippen LogP contribution in [-0.4, -0.2) is 62.2 Å². The van der Waals surface area contributed by atoms with E-state index in [0.717, 1.165) is 0 Å². The molecule has 11 heteroatoms. The molecule has 1 heterocycles. The van der Waals surface area contributed by atoms with Crippen molar-refractivity contribution in [1.29, 1.82) is 0 Å². The van der Waals surface area contributed by atoms with Crippen LogP contribution < -0.4 is 9.47 Å². The average molecular weight is 503 g/mol. The number of hydrogen-bond acceptors (Lipinski definition) is 9. The van der Waals surface area contributed by atoms with Crippen molar-refractivity contribution in [2.24, 2.45) is 0 Å². The Morgan fingerprint density at radius 1 is 1.00 bits per heavy atom. The average Bonchev–Trinajstić information content (AvgIpc) is 3.28. The molecular weight excluding hydrogens is 480 g/mol. The van der Waals surface area contributed by atoms with E-state index in [1.54, 1.807) is 37.3 Å². The molecule has 0 atom stereocenters. The second-order valence-corrected chi connectivity index (χ2v) is 7.29. The lowest BCUT2D eigenvalue weighted by Gasteiger charge is -2.13. The summed E-state index contributed by atoms with van der Waals surface area (Å²) in [5.74, 6) is -1.91. The van der Waals surface area contributed by atoms with Crippen molar-refractivity contribution in [3.63, 3.8) is 0 Å². The molecule has 0 aliphatic carbocycles. The molecule has 0 fully saturated rings. The van der Waals surface area contributed by atoms with Crippen LogP contribution in [0.4, 0.5) is 0 Å². The van der Waals surface area contributed by atoms with Gasteiger partial charge in [-0.05, 0) is 31.2 Å². The molecule has 2 aromatic carbocycles. The van der Waals surface area contributed by atoms with E-state index in [4.69, 9.17) is 35.3 Å². The number of ether oxygens (including phenoxy) is 5. The van der Waals surface area contributed by atoms with Crippen LogP contribution in [0.15, 0.2) is 42.5 Å². The van der Waals surface area contributed by atoms with Gasteiger partial charge in [-0.2, -0.15) is 5.10 Å². The molecule has 10 nitrogen and oxygen atoms in total. The van der Waals surface area contributed by atoms with E-state index in [0.29, 0.717) is 11.3 Å². The summed E-state index contributed by atoms with van der Waals surface area (Å²) >= 11 is 6.44. The van der Waals surface area contributed by atoms with Gasteiger partial charge in [0.05, 0.1) is 38.6 Å². The number of carbonyl (C=O) groups excluding carboxylic acids is 3. The fourth-order valence-electron chi connectivity index (χ4n) is 3.29. The molecule has 0 unspecified atom stereocenters. The van der Waals surface area contributed by atoms with Crippen LogP contribution in [0.3, 0.4) is 0 Å². The van der Waals surface area contributed by atoms with E-state index in [1.165, 1.54) is 38.1 Å². The molecule has 184 valence electrons. The van der Waals surface area contributed by atoms with Crippen LogP contribution >= 0.6 is 11.6 Å². The molecule has 0 spiro atoms. The maximum atomic E-state index is 12.8. The van der Waals surface area contributed by atoms with Gasteiger partial charge < -0.3 is 23.7 Å². The maximum Gasteiger partial charge on any atom is 0.357 e. The highest BCUT2D eigenvalue weighted by Crippen LogP contribution is 2.41. The van der Waals surface area contributed by atoms with Crippen molar-refractivity contribution in [3.05, 3.63) is 58.7 Å². The lowest BCUT2D eigenvalue weighted by molar-refractivity contribution is -0.145. The molecule has 0 aliphatic heterocycles. The first kappa shape index (κ1) is 25.6. The van der Waals surface area contributed by atoms with Gasteiger partial charge in [-0.1, -0.05) is 29.8 Å². The van der Waals surface area contributed by atoms with Crippen molar-refractivity contribution >= 4 is 29.5 Å².